The minimum absolute atomic E-state index is 0.00357. The Morgan fingerprint density at radius 1 is 1.28 bits per heavy atom. The summed E-state index contributed by atoms with van der Waals surface area (Å²) >= 11 is 0. The lowest BCUT2D eigenvalue weighted by Crippen LogP contribution is -2.22. The lowest BCUT2D eigenvalue weighted by molar-refractivity contribution is -0.274. The Morgan fingerprint density at radius 2 is 1.94 bits per heavy atom. The second kappa shape index (κ2) is 10.7. The molecule has 2 aromatic rings. The van der Waals surface area contributed by atoms with Crippen LogP contribution in [0.3, 0.4) is 0 Å². The second-order valence-electron chi connectivity index (χ2n) is 6.68. The fraction of sp³-hybridized carbons (Fsp3) is 0.217. The number of ether oxygens (including phenoxy) is 1. The molecule has 0 heterocycles. The lowest BCUT2D eigenvalue weighted by atomic mass is 9.90. The van der Waals surface area contributed by atoms with Gasteiger partial charge in [-0.25, -0.2) is 0 Å². The number of aliphatic hydroxyl groups excluding tert-OH is 2. The summed E-state index contributed by atoms with van der Waals surface area (Å²) in [6.45, 7) is 8.11. The zero-order chi connectivity index (χ0) is 23.9. The van der Waals surface area contributed by atoms with Gasteiger partial charge in [-0.15, -0.1) is 13.2 Å². The van der Waals surface area contributed by atoms with Crippen molar-refractivity contribution in [1.29, 1.82) is 0 Å². The third-order valence-electron chi connectivity index (χ3n) is 4.53. The Balaban J connectivity index is 2.66. The van der Waals surface area contributed by atoms with Crippen molar-refractivity contribution in [3.8, 4) is 16.9 Å². The van der Waals surface area contributed by atoms with E-state index in [0.717, 1.165) is 6.08 Å². The molecule has 32 heavy (non-hydrogen) atoms. The Morgan fingerprint density at radius 3 is 2.47 bits per heavy atom. The van der Waals surface area contributed by atoms with Crippen LogP contribution >= 0.6 is 0 Å². The Kier molecular flexibility index (Phi) is 8.34. The van der Waals surface area contributed by atoms with Gasteiger partial charge in [-0.05, 0) is 53.5 Å². The van der Waals surface area contributed by atoms with Gasteiger partial charge in [0.2, 0.25) is 5.91 Å². The number of rotatable bonds is 9. The average molecular weight is 448 g/mol. The van der Waals surface area contributed by atoms with Gasteiger partial charge >= 0.3 is 6.36 Å². The topological polar surface area (TPSA) is 91.2 Å². The van der Waals surface area contributed by atoms with Crippen molar-refractivity contribution >= 4 is 17.8 Å². The smallest absolute Gasteiger partial charge is 0.406 e. The van der Waals surface area contributed by atoms with Crippen molar-refractivity contribution in [3.05, 3.63) is 72.3 Å². The number of aliphatic hydroxyl groups is 2. The highest BCUT2D eigenvalue weighted by Gasteiger charge is 2.31. The summed E-state index contributed by atoms with van der Waals surface area (Å²) in [6.07, 6.45) is -2.15. The first-order valence-corrected chi connectivity index (χ1v) is 9.48. The number of hydrogen-bond acceptors (Lipinski definition) is 5. The van der Waals surface area contributed by atoms with Crippen LogP contribution in [0.2, 0.25) is 0 Å². The predicted octanol–water partition coefficient (Wildman–Crippen LogP) is 4.28. The first kappa shape index (κ1) is 24.8. The standard InChI is InChI=1S/C23H23F3N2O4/c1-4-10-27-22-14(3)18(15-6-8-17(9-7-15)32-23(24,25)26)11-16(12-28-20(31)5-2)21(22)19(30)13-29/h4-11,19,29-30H,1-2,12-13H2,3H3,(H,28,31)/t19-/m0/s1. The van der Waals surface area contributed by atoms with E-state index in [1.807, 2.05) is 0 Å². The summed E-state index contributed by atoms with van der Waals surface area (Å²) in [5.41, 5.74) is 2.91. The van der Waals surface area contributed by atoms with Gasteiger partial charge in [-0.1, -0.05) is 31.4 Å². The summed E-state index contributed by atoms with van der Waals surface area (Å²) in [5, 5.41) is 22.6. The van der Waals surface area contributed by atoms with E-state index in [4.69, 9.17) is 0 Å². The molecule has 0 fully saturated rings. The van der Waals surface area contributed by atoms with Gasteiger partial charge in [0.25, 0.3) is 0 Å². The highest BCUT2D eigenvalue weighted by atomic mass is 19.4. The molecule has 9 heteroatoms. The molecule has 1 amide bonds. The molecule has 3 N–H and O–H groups in total. The van der Waals surface area contributed by atoms with E-state index in [1.165, 1.54) is 36.6 Å². The third-order valence-corrected chi connectivity index (χ3v) is 4.53. The van der Waals surface area contributed by atoms with Gasteiger partial charge in [-0.3, -0.25) is 9.79 Å². The Labute approximate surface area is 183 Å². The molecule has 0 radical (unpaired) electrons. The van der Waals surface area contributed by atoms with Gasteiger partial charge in [0, 0.05) is 18.3 Å². The van der Waals surface area contributed by atoms with Crippen molar-refractivity contribution in [1.82, 2.24) is 5.32 Å². The van der Waals surface area contributed by atoms with Gasteiger partial charge in [0.1, 0.15) is 11.9 Å². The number of amides is 1. The summed E-state index contributed by atoms with van der Waals surface area (Å²) in [4.78, 5) is 16.0. The first-order chi connectivity index (χ1) is 15.1. The zero-order valence-corrected chi connectivity index (χ0v) is 17.3. The van der Waals surface area contributed by atoms with Gasteiger partial charge in [-0.2, -0.15) is 0 Å². The maximum atomic E-state index is 12.5. The van der Waals surface area contributed by atoms with Crippen LogP contribution in [-0.4, -0.2) is 35.3 Å². The van der Waals surface area contributed by atoms with Crippen molar-refractivity contribution in [2.45, 2.75) is 25.9 Å². The number of hydrogen-bond donors (Lipinski definition) is 3. The average Bonchev–Trinajstić information content (AvgIpc) is 2.75. The summed E-state index contributed by atoms with van der Waals surface area (Å²) in [6, 6.07) is 6.96. The monoisotopic (exact) mass is 448 g/mol. The molecule has 2 rings (SSSR count). The van der Waals surface area contributed by atoms with Gasteiger partial charge in [0.05, 0.1) is 12.3 Å². The highest BCUT2D eigenvalue weighted by Crippen LogP contribution is 2.39. The maximum Gasteiger partial charge on any atom is 0.573 e. The van der Waals surface area contributed by atoms with Crippen LogP contribution in [-0.2, 0) is 11.3 Å². The van der Waals surface area contributed by atoms with E-state index in [-0.39, 0.29) is 12.3 Å². The van der Waals surface area contributed by atoms with E-state index in [0.29, 0.717) is 33.5 Å². The molecule has 0 saturated heterocycles. The third kappa shape index (κ3) is 6.29. The number of benzene rings is 2. The molecule has 0 aromatic heterocycles. The predicted molar refractivity (Wildman–Crippen MR) is 116 cm³/mol. The van der Waals surface area contributed by atoms with Crippen LogP contribution < -0.4 is 10.1 Å². The van der Waals surface area contributed by atoms with E-state index >= 15 is 0 Å². The summed E-state index contributed by atoms with van der Waals surface area (Å²) in [5.74, 6) is -0.809. The molecule has 1 atom stereocenters. The fourth-order valence-corrected chi connectivity index (χ4v) is 3.14. The molecular weight excluding hydrogens is 425 g/mol. The quantitative estimate of drug-likeness (QED) is 0.395. The minimum Gasteiger partial charge on any atom is -0.406 e. The normalized spacial score (nSPS) is 12.4. The number of alkyl halides is 3. The van der Waals surface area contributed by atoms with Crippen molar-refractivity contribution in [3.63, 3.8) is 0 Å². The highest BCUT2D eigenvalue weighted by molar-refractivity contribution is 5.87. The second-order valence-corrected chi connectivity index (χ2v) is 6.68. The Hall–Kier alpha value is -3.43. The summed E-state index contributed by atoms with van der Waals surface area (Å²) < 4.78 is 41.3. The molecule has 0 aliphatic rings. The number of nitrogens with zero attached hydrogens (tertiary/aromatic N) is 1. The molecule has 2 aromatic carbocycles. The first-order valence-electron chi connectivity index (χ1n) is 9.48. The molecule has 170 valence electrons. The van der Waals surface area contributed by atoms with Crippen LogP contribution in [0.4, 0.5) is 18.9 Å². The molecular formula is C23H23F3N2O4. The van der Waals surface area contributed by atoms with Crippen LogP contribution in [0.5, 0.6) is 5.75 Å². The largest absolute Gasteiger partial charge is 0.573 e. The van der Waals surface area contributed by atoms with E-state index < -0.39 is 25.0 Å². The van der Waals surface area contributed by atoms with Crippen LogP contribution in [0.1, 0.15) is 22.8 Å². The van der Waals surface area contributed by atoms with E-state index in [9.17, 15) is 28.2 Å². The maximum absolute atomic E-state index is 12.5. The van der Waals surface area contributed by atoms with Crippen LogP contribution in [0.25, 0.3) is 11.1 Å². The Bertz CT molecular complexity index is 1020. The molecule has 6 nitrogen and oxygen atoms in total. The number of nitrogens with one attached hydrogen (secondary N) is 1. The zero-order valence-electron chi connectivity index (χ0n) is 17.3. The molecule has 0 spiro atoms. The van der Waals surface area contributed by atoms with Crippen molar-refractivity contribution in [2.24, 2.45) is 4.99 Å². The molecule has 0 aliphatic heterocycles. The fourth-order valence-electron chi connectivity index (χ4n) is 3.14. The number of carbonyl (C=O) groups excluding carboxylic acids is 1. The van der Waals surface area contributed by atoms with E-state index in [1.54, 1.807) is 13.0 Å². The molecule has 0 saturated carbocycles. The number of halogens is 3. The summed E-state index contributed by atoms with van der Waals surface area (Å²) in [7, 11) is 0. The minimum atomic E-state index is -4.80. The van der Waals surface area contributed by atoms with Gasteiger partial charge < -0.3 is 20.3 Å². The lowest BCUT2D eigenvalue weighted by Gasteiger charge is -2.21. The van der Waals surface area contributed by atoms with Crippen LogP contribution in [0.15, 0.2) is 60.6 Å². The number of allylic oxidation sites excluding steroid dienone is 1. The van der Waals surface area contributed by atoms with Crippen molar-refractivity contribution in [2.75, 3.05) is 6.61 Å². The SMILES string of the molecule is C=CC=Nc1c(C)c(-c2ccc(OC(F)(F)F)cc2)cc(CNC(=O)C=C)c1[C@@H](O)CO. The number of aliphatic imine (C=N–C) groups is 1. The molecule has 0 unspecified atom stereocenters. The molecule has 0 bridgehead atoms. The van der Waals surface area contributed by atoms with Crippen LogP contribution in [0, 0.1) is 6.92 Å². The van der Waals surface area contributed by atoms with Gasteiger partial charge in [0.15, 0.2) is 0 Å². The number of carbonyl (C=O) groups is 1. The molecule has 0 aliphatic carbocycles. The van der Waals surface area contributed by atoms with Crippen molar-refractivity contribution < 1.29 is 32.9 Å². The van der Waals surface area contributed by atoms with E-state index in [2.05, 4.69) is 28.2 Å².